The Hall–Kier alpha value is -1.84. The molecule has 1 N–H and O–H groups in total. The van der Waals surface area contributed by atoms with Gasteiger partial charge in [0.2, 0.25) is 0 Å². The average molecular weight is 412 g/mol. The van der Waals surface area contributed by atoms with Crippen LogP contribution < -0.4 is 5.32 Å². The lowest BCUT2D eigenvalue weighted by Crippen LogP contribution is -2.43. The number of hydrogen-bond acceptors (Lipinski definition) is 6. The van der Waals surface area contributed by atoms with Gasteiger partial charge in [-0.1, -0.05) is 12.1 Å². The minimum atomic E-state index is -2.89. The van der Waals surface area contributed by atoms with Crippen LogP contribution in [0.15, 0.2) is 24.3 Å². The Balaban J connectivity index is 1.51. The van der Waals surface area contributed by atoms with Crippen LogP contribution in [0.5, 0.6) is 0 Å². The zero-order valence-corrected chi connectivity index (χ0v) is 16.7. The van der Waals surface area contributed by atoms with E-state index < -0.39 is 9.84 Å². The van der Waals surface area contributed by atoms with Gasteiger partial charge in [0, 0.05) is 32.6 Å². The number of aromatic nitrogens is 1. The third kappa shape index (κ3) is 5.57. The molecule has 0 saturated carbocycles. The van der Waals surface area contributed by atoms with Crippen molar-refractivity contribution in [2.45, 2.75) is 13.3 Å². The molecule has 0 bridgehead atoms. The van der Waals surface area contributed by atoms with E-state index in [1.807, 2.05) is 4.90 Å². The molecule has 9 heteroatoms. The highest BCUT2D eigenvalue weighted by molar-refractivity contribution is 7.91. The summed E-state index contributed by atoms with van der Waals surface area (Å²) in [6.45, 7) is 3.92. The number of rotatable bonds is 6. The number of hydrogen-bond donors (Lipinski definition) is 1. The number of benzene rings is 1. The van der Waals surface area contributed by atoms with Gasteiger partial charge >= 0.3 is 0 Å². The number of amides is 1. The molecule has 1 saturated heterocycles. The van der Waals surface area contributed by atoms with Gasteiger partial charge in [-0.15, -0.1) is 11.3 Å². The normalized spacial score (nSPS) is 17.0. The van der Waals surface area contributed by atoms with Gasteiger partial charge in [0.1, 0.15) is 10.7 Å². The highest BCUT2D eigenvalue weighted by Crippen LogP contribution is 2.21. The fourth-order valence-corrected chi connectivity index (χ4v) is 5.19. The predicted molar refractivity (Wildman–Crippen MR) is 103 cm³/mol. The van der Waals surface area contributed by atoms with E-state index in [1.165, 1.54) is 23.5 Å². The second-order valence-electron chi connectivity index (χ2n) is 6.57. The molecule has 27 heavy (non-hydrogen) atoms. The Labute approximate surface area is 162 Å². The molecule has 6 nitrogen and oxygen atoms in total. The fraction of sp³-hybridized carbons (Fsp3) is 0.444. The van der Waals surface area contributed by atoms with Crippen LogP contribution in [0.1, 0.15) is 25.9 Å². The number of sulfone groups is 1. The van der Waals surface area contributed by atoms with Gasteiger partial charge in [-0.2, -0.15) is 0 Å². The summed E-state index contributed by atoms with van der Waals surface area (Å²) in [6, 6.07) is 6.25. The van der Waals surface area contributed by atoms with Gasteiger partial charge in [-0.25, -0.2) is 17.8 Å². The van der Waals surface area contributed by atoms with Crippen molar-refractivity contribution in [3.05, 3.63) is 51.2 Å². The Morgan fingerprint density at radius 3 is 2.59 bits per heavy atom. The Bertz CT molecular complexity index is 896. The molecule has 146 valence electrons. The maximum Gasteiger partial charge on any atom is 0.263 e. The number of thiazole rings is 1. The van der Waals surface area contributed by atoms with Crippen LogP contribution in [-0.4, -0.2) is 61.9 Å². The summed E-state index contributed by atoms with van der Waals surface area (Å²) in [6.07, 6.45) is 0.557. The van der Waals surface area contributed by atoms with Crippen molar-refractivity contribution in [3.63, 3.8) is 0 Å². The maximum absolute atomic E-state index is 13.0. The lowest BCUT2D eigenvalue weighted by Gasteiger charge is -2.26. The van der Waals surface area contributed by atoms with Crippen molar-refractivity contribution in [1.82, 2.24) is 15.2 Å². The largest absolute Gasteiger partial charge is 0.350 e. The molecule has 1 fully saturated rings. The van der Waals surface area contributed by atoms with Crippen LogP contribution in [0.2, 0.25) is 0 Å². The first-order valence-corrected chi connectivity index (χ1v) is 11.4. The van der Waals surface area contributed by atoms with Crippen LogP contribution in [0.3, 0.4) is 0 Å². The Kier molecular flexibility index (Phi) is 6.23. The third-order valence-corrected chi connectivity index (χ3v) is 7.23. The lowest BCUT2D eigenvalue weighted by molar-refractivity contribution is 0.0952. The van der Waals surface area contributed by atoms with Gasteiger partial charge in [-0.3, -0.25) is 9.69 Å². The molecule has 0 unspecified atom stereocenters. The summed E-state index contributed by atoms with van der Waals surface area (Å²) in [5.41, 5.74) is 1.62. The van der Waals surface area contributed by atoms with E-state index in [2.05, 4.69) is 10.3 Å². The second-order valence-corrected chi connectivity index (χ2v) is 9.96. The number of nitrogens with one attached hydrogen (secondary N) is 1. The van der Waals surface area contributed by atoms with Gasteiger partial charge in [0.15, 0.2) is 9.84 Å². The van der Waals surface area contributed by atoms with Crippen LogP contribution in [0, 0.1) is 12.7 Å². The Morgan fingerprint density at radius 2 is 1.93 bits per heavy atom. The van der Waals surface area contributed by atoms with Crippen molar-refractivity contribution < 1.29 is 17.6 Å². The first kappa shape index (κ1) is 19.9. The molecule has 2 aromatic rings. The van der Waals surface area contributed by atoms with Gasteiger partial charge in [0.25, 0.3) is 5.91 Å². The topological polar surface area (TPSA) is 79.4 Å². The fourth-order valence-electron chi connectivity index (χ4n) is 2.90. The number of halogens is 1. The molecule has 0 atom stereocenters. The molecule has 1 amide bonds. The second kappa shape index (κ2) is 8.45. The van der Waals surface area contributed by atoms with Crippen molar-refractivity contribution >= 4 is 27.1 Å². The Morgan fingerprint density at radius 1 is 1.26 bits per heavy atom. The highest BCUT2D eigenvalue weighted by Gasteiger charge is 2.21. The van der Waals surface area contributed by atoms with E-state index in [0.29, 0.717) is 43.2 Å². The SMILES string of the molecule is Cc1nc(Cc2ccc(F)cc2)sc1C(=O)NCCN1CCS(=O)(=O)CC1. The first-order chi connectivity index (χ1) is 12.8. The summed E-state index contributed by atoms with van der Waals surface area (Å²) in [4.78, 5) is 19.5. The molecule has 1 aliphatic heterocycles. The summed E-state index contributed by atoms with van der Waals surface area (Å²) < 4.78 is 35.9. The number of aryl methyl sites for hydroxylation is 1. The smallest absolute Gasteiger partial charge is 0.263 e. The number of carbonyl (C=O) groups is 1. The van der Waals surface area contributed by atoms with E-state index in [-0.39, 0.29) is 23.2 Å². The molecule has 0 spiro atoms. The monoisotopic (exact) mass is 411 g/mol. The molecule has 2 heterocycles. The number of carbonyl (C=O) groups excluding carboxylic acids is 1. The summed E-state index contributed by atoms with van der Waals surface area (Å²) >= 11 is 1.34. The lowest BCUT2D eigenvalue weighted by atomic mass is 10.1. The van der Waals surface area contributed by atoms with E-state index in [1.54, 1.807) is 19.1 Å². The van der Waals surface area contributed by atoms with Gasteiger partial charge in [0.05, 0.1) is 22.2 Å². The quantitative estimate of drug-likeness (QED) is 0.782. The van der Waals surface area contributed by atoms with Gasteiger partial charge < -0.3 is 5.32 Å². The van der Waals surface area contributed by atoms with Crippen molar-refractivity contribution in [2.24, 2.45) is 0 Å². The number of nitrogens with zero attached hydrogens (tertiary/aromatic N) is 2. The minimum Gasteiger partial charge on any atom is -0.350 e. The summed E-state index contributed by atoms with van der Waals surface area (Å²) in [5.74, 6) is -0.0797. The molecular weight excluding hydrogens is 389 g/mol. The highest BCUT2D eigenvalue weighted by atomic mass is 32.2. The molecular formula is C18H22FN3O3S2. The zero-order valence-electron chi connectivity index (χ0n) is 15.1. The molecule has 1 aromatic carbocycles. The van der Waals surface area contributed by atoms with Crippen LogP contribution >= 0.6 is 11.3 Å². The van der Waals surface area contributed by atoms with Crippen molar-refractivity contribution in [3.8, 4) is 0 Å². The van der Waals surface area contributed by atoms with Crippen molar-refractivity contribution in [1.29, 1.82) is 0 Å². The van der Waals surface area contributed by atoms with Crippen LogP contribution in [0.4, 0.5) is 4.39 Å². The molecule has 1 aliphatic rings. The van der Waals surface area contributed by atoms with E-state index in [0.717, 1.165) is 10.6 Å². The predicted octanol–water partition coefficient (Wildman–Crippen LogP) is 1.64. The maximum atomic E-state index is 13.0. The van der Waals surface area contributed by atoms with E-state index in [9.17, 15) is 17.6 Å². The molecule has 1 aromatic heterocycles. The molecule has 0 aliphatic carbocycles. The van der Waals surface area contributed by atoms with E-state index >= 15 is 0 Å². The summed E-state index contributed by atoms with van der Waals surface area (Å²) in [5, 5.41) is 3.69. The average Bonchev–Trinajstić information content (AvgIpc) is 2.99. The third-order valence-electron chi connectivity index (χ3n) is 4.47. The van der Waals surface area contributed by atoms with E-state index in [4.69, 9.17) is 0 Å². The standard InChI is InChI=1S/C18H22FN3O3S2/c1-13-17(26-16(21-13)12-14-2-4-15(19)5-3-14)18(23)20-6-7-22-8-10-27(24,25)11-9-22/h2-5H,6-12H2,1H3,(H,20,23). The van der Waals surface area contributed by atoms with Crippen molar-refractivity contribution in [2.75, 3.05) is 37.7 Å². The van der Waals surface area contributed by atoms with Gasteiger partial charge in [-0.05, 0) is 24.6 Å². The zero-order chi connectivity index (χ0) is 19.4. The van der Waals surface area contributed by atoms with Crippen LogP contribution in [0.25, 0.3) is 0 Å². The molecule has 3 rings (SSSR count). The van der Waals surface area contributed by atoms with Crippen LogP contribution in [-0.2, 0) is 16.3 Å². The summed E-state index contributed by atoms with van der Waals surface area (Å²) in [7, 11) is -2.89. The first-order valence-electron chi connectivity index (χ1n) is 8.74. The molecule has 0 radical (unpaired) electrons. The minimum absolute atomic E-state index is 0.167.